The molecule has 0 atom stereocenters. The first kappa shape index (κ1) is 19.8. The number of nitrogens with one attached hydrogen (secondary N) is 2. The lowest BCUT2D eigenvalue weighted by Gasteiger charge is -2.10. The van der Waals surface area contributed by atoms with Crippen LogP contribution in [-0.4, -0.2) is 21.2 Å². The van der Waals surface area contributed by atoms with E-state index in [0.717, 1.165) is 23.9 Å². The zero-order valence-corrected chi connectivity index (χ0v) is 15.5. The number of aromatic nitrogens is 2. The molecule has 3 rings (SSSR count). The van der Waals surface area contributed by atoms with Gasteiger partial charge in [-0.1, -0.05) is 12.1 Å². The molecular weight excluding hydrogens is 391 g/mol. The molecule has 0 unspecified atom stereocenters. The Morgan fingerprint density at radius 3 is 2.61 bits per heavy atom. The van der Waals surface area contributed by atoms with E-state index in [0.29, 0.717) is 22.0 Å². The lowest BCUT2D eigenvalue weighted by atomic mass is 10.2. The topological polar surface area (TPSA) is 66.9 Å². The van der Waals surface area contributed by atoms with E-state index in [2.05, 4.69) is 10.3 Å². The number of carbonyl (C=O) groups is 1. The molecule has 0 fully saturated rings. The molecule has 0 radical (unpaired) electrons. The molecule has 5 nitrogen and oxygen atoms in total. The van der Waals surface area contributed by atoms with Crippen molar-refractivity contribution < 1.29 is 18.0 Å². The maximum absolute atomic E-state index is 12.8. The lowest BCUT2D eigenvalue weighted by Crippen LogP contribution is -2.17. The Morgan fingerprint density at radius 2 is 1.93 bits per heavy atom. The standard InChI is InChI=1S/C19H16F3N3O2S/c1-12-10-23-18(27)25(12)15-6-3-5-14(9-15)24-17(26)11-28-16-7-2-4-13(8-16)19(20,21)22/h2-10H,11H2,1H3,(H,23,27)(H,24,26). The van der Waals surface area contributed by atoms with Gasteiger partial charge in [0.15, 0.2) is 0 Å². The van der Waals surface area contributed by atoms with Gasteiger partial charge in [-0.3, -0.25) is 9.36 Å². The summed E-state index contributed by atoms with van der Waals surface area (Å²) in [7, 11) is 0. The van der Waals surface area contributed by atoms with E-state index < -0.39 is 11.7 Å². The highest BCUT2D eigenvalue weighted by Crippen LogP contribution is 2.31. The first-order valence-electron chi connectivity index (χ1n) is 8.21. The molecule has 0 aliphatic carbocycles. The number of nitrogens with zero attached hydrogens (tertiary/aromatic N) is 1. The maximum Gasteiger partial charge on any atom is 0.416 e. The van der Waals surface area contributed by atoms with Crippen molar-refractivity contribution in [2.45, 2.75) is 18.0 Å². The lowest BCUT2D eigenvalue weighted by molar-refractivity contribution is -0.137. The van der Waals surface area contributed by atoms with Gasteiger partial charge in [0.25, 0.3) is 0 Å². The third-order valence-electron chi connectivity index (χ3n) is 3.88. The van der Waals surface area contributed by atoms with Crippen molar-refractivity contribution in [1.82, 2.24) is 9.55 Å². The molecule has 2 aromatic carbocycles. The number of aryl methyl sites for hydroxylation is 1. The van der Waals surface area contributed by atoms with Crippen molar-refractivity contribution in [3.8, 4) is 5.69 Å². The molecule has 0 saturated carbocycles. The Bertz CT molecular complexity index is 1060. The van der Waals surface area contributed by atoms with Crippen LogP contribution in [0.25, 0.3) is 5.69 Å². The first-order chi connectivity index (χ1) is 13.2. The van der Waals surface area contributed by atoms with E-state index in [1.165, 1.54) is 16.7 Å². The van der Waals surface area contributed by atoms with E-state index in [4.69, 9.17) is 0 Å². The zero-order chi connectivity index (χ0) is 20.3. The Kier molecular flexibility index (Phi) is 5.64. The van der Waals surface area contributed by atoms with Gasteiger partial charge in [0.05, 0.1) is 17.0 Å². The number of rotatable bonds is 5. The van der Waals surface area contributed by atoms with Crippen LogP contribution in [-0.2, 0) is 11.0 Å². The predicted octanol–water partition coefficient (Wildman–Crippen LogP) is 4.22. The van der Waals surface area contributed by atoms with Crippen molar-refractivity contribution in [2.75, 3.05) is 11.1 Å². The molecule has 1 amide bonds. The van der Waals surface area contributed by atoms with Gasteiger partial charge in [-0.05, 0) is 43.3 Å². The third kappa shape index (κ3) is 4.66. The van der Waals surface area contributed by atoms with Gasteiger partial charge in [0.2, 0.25) is 5.91 Å². The number of halogens is 3. The Hall–Kier alpha value is -2.94. The molecule has 146 valence electrons. The molecule has 0 aliphatic rings. The minimum atomic E-state index is -4.42. The quantitative estimate of drug-likeness (QED) is 0.623. The smallest absolute Gasteiger partial charge is 0.325 e. The number of anilines is 1. The number of amides is 1. The van der Waals surface area contributed by atoms with Crippen molar-refractivity contribution >= 4 is 23.4 Å². The fraction of sp³-hybridized carbons (Fsp3) is 0.158. The number of alkyl halides is 3. The molecule has 9 heteroatoms. The number of H-pyrrole nitrogens is 1. The van der Waals surface area contributed by atoms with E-state index in [-0.39, 0.29) is 17.3 Å². The first-order valence-corrected chi connectivity index (χ1v) is 9.20. The summed E-state index contributed by atoms with van der Waals surface area (Å²) in [5.41, 5.74) is 0.749. The number of carbonyl (C=O) groups excluding carboxylic acids is 1. The number of benzene rings is 2. The molecule has 1 heterocycles. The average Bonchev–Trinajstić information content (AvgIpc) is 2.98. The van der Waals surface area contributed by atoms with Gasteiger partial charge in [-0.15, -0.1) is 11.8 Å². The fourth-order valence-corrected chi connectivity index (χ4v) is 3.36. The largest absolute Gasteiger partial charge is 0.416 e. The van der Waals surface area contributed by atoms with Crippen LogP contribution in [0.2, 0.25) is 0 Å². The second-order valence-electron chi connectivity index (χ2n) is 5.98. The number of aromatic amines is 1. The molecule has 28 heavy (non-hydrogen) atoms. The van der Waals surface area contributed by atoms with Gasteiger partial charge >= 0.3 is 11.9 Å². The summed E-state index contributed by atoms with van der Waals surface area (Å²) in [4.78, 5) is 27.0. The summed E-state index contributed by atoms with van der Waals surface area (Å²) in [5.74, 6) is -0.410. The number of hydrogen-bond donors (Lipinski definition) is 2. The van der Waals surface area contributed by atoms with Gasteiger partial charge in [0, 0.05) is 22.5 Å². The summed E-state index contributed by atoms with van der Waals surface area (Å²) in [6.45, 7) is 1.77. The molecule has 0 aliphatic heterocycles. The average molecular weight is 407 g/mol. The van der Waals surface area contributed by atoms with Crippen LogP contribution in [0, 0.1) is 6.92 Å². The van der Waals surface area contributed by atoms with Crippen LogP contribution in [0.3, 0.4) is 0 Å². The highest BCUT2D eigenvalue weighted by Gasteiger charge is 2.30. The van der Waals surface area contributed by atoms with Crippen LogP contribution in [0.1, 0.15) is 11.3 Å². The molecule has 2 N–H and O–H groups in total. The summed E-state index contributed by atoms with van der Waals surface area (Å²) >= 11 is 1.01. The van der Waals surface area contributed by atoms with Gasteiger partial charge in [-0.25, -0.2) is 4.79 Å². The number of imidazole rings is 1. The minimum absolute atomic E-state index is 0.0470. The van der Waals surface area contributed by atoms with Crippen LogP contribution in [0.5, 0.6) is 0 Å². The van der Waals surface area contributed by atoms with E-state index in [1.54, 1.807) is 37.4 Å². The second-order valence-corrected chi connectivity index (χ2v) is 7.03. The van der Waals surface area contributed by atoms with Crippen LogP contribution in [0.15, 0.2) is 64.4 Å². The summed E-state index contributed by atoms with van der Waals surface area (Å²) < 4.78 is 39.7. The normalized spacial score (nSPS) is 11.4. The summed E-state index contributed by atoms with van der Waals surface area (Å²) in [6.07, 6.45) is -2.84. The Labute approximate surface area is 162 Å². The monoisotopic (exact) mass is 407 g/mol. The Morgan fingerprint density at radius 1 is 1.18 bits per heavy atom. The fourth-order valence-electron chi connectivity index (χ4n) is 2.61. The van der Waals surface area contributed by atoms with Crippen molar-refractivity contribution in [3.63, 3.8) is 0 Å². The van der Waals surface area contributed by atoms with Crippen molar-refractivity contribution in [3.05, 3.63) is 76.5 Å². The molecule has 0 bridgehead atoms. The van der Waals surface area contributed by atoms with Gasteiger partial charge in [-0.2, -0.15) is 13.2 Å². The van der Waals surface area contributed by atoms with E-state index in [1.807, 2.05) is 0 Å². The maximum atomic E-state index is 12.8. The highest BCUT2D eigenvalue weighted by atomic mass is 32.2. The molecular formula is C19H16F3N3O2S. The van der Waals surface area contributed by atoms with E-state index in [9.17, 15) is 22.8 Å². The summed E-state index contributed by atoms with van der Waals surface area (Å²) in [6, 6.07) is 11.6. The van der Waals surface area contributed by atoms with E-state index >= 15 is 0 Å². The second kappa shape index (κ2) is 7.97. The third-order valence-corrected chi connectivity index (χ3v) is 4.87. The van der Waals surface area contributed by atoms with Crippen molar-refractivity contribution in [2.24, 2.45) is 0 Å². The molecule has 0 saturated heterocycles. The van der Waals surface area contributed by atoms with Crippen LogP contribution >= 0.6 is 11.8 Å². The molecule has 0 spiro atoms. The zero-order valence-electron chi connectivity index (χ0n) is 14.7. The van der Waals surface area contributed by atoms with Crippen molar-refractivity contribution in [1.29, 1.82) is 0 Å². The summed E-state index contributed by atoms with van der Waals surface area (Å²) in [5, 5.41) is 2.69. The number of thioether (sulfide) groups is 1. The van der Waals surface area contributed by atoms with Gasteiger partial charge < -0.3 is 10.3 Å². The predicted molar refractivity (Wildman–Crippen MR) is 102 cm³/mol. The minimum Gasteiger partial charge on any atom is -0.325 e. The van der Waals surface area contributed by atoms with Crippen LogP contribution in [0.4, 0.5) is 18.9 Å². The number of hydrogen-bond acceptors (Lipinski definition) is 3. The van der Waals surface area contributed by atoms with Gasteiger partial charge in [0.1, 0.15) is 0 Å². The Balaban J connectivity index is 1.66. The van der Waals surface area contributed by atoms with Crippen LogP contribution < -0.4 is 11.0 Å². The molecule has 1 aromatic heterocycles. The molecule has 3 aromatic rings. The highest BCUT2D eigenvalue weighted by molar-refractivity contribution is 8.00. The SMILES string of the molecule is Cc1c[nH]c(=O)n1-c1cccc(NC(=O)CSc2cccc(C(F)(F)F)c2)c1.